The van der Waals surface area contributed by atoms with Crippen LogP contribution in [0.15, 0.2) is 164 Å². The van der Waals surface area contributed by atoms with E-state index in [2.05, 4.69) is 185 Å². The number of aryl methyl sites for hydroxylation is 1. The molecule has 7 aliphatic carbocycles. The van der Waals surface area contributed by atoms with Crippen LogP contribution in [-0.2, 0) is 38.2 Å². The third-order valence-corrected chi connectivity index (χ3v) is 18.7. The maximum atomic E-state index is 5.64. The molecule has 0 saturated heterocycles. The first-order valence-electron chi connectivity index (χ1n) is 26.9. The van der Waals surface area contributed by atoms with Crippen LogP contribution in [0.3, 0.4) is 0 Å². The highest BCUT2D eigenvalue weighted by molar-refractivity contribution is 5.95. The van der Waals surface area contributed by atoms with Crippen molar-refractivity contribution < 1.29 is 28.4 Å². The van der Waals surface area contributed by atoms with Crippen molar-refractivity contribution >= 4 is 0 Å². The SMILES string of the molecule is COC1=CC2C(C=C1)CCC21CCc2ccc(OC)cc21.COc1ccc2c(c1)C1(CC2(C)C)CC(C)(C)c2ccc(OC)cc21.COc1ccc2c(c1)C1(c3ccccc3-c3ccccc31)c1cc(OC)ccc1-2. The number of benzene rings is 7. The predicted octanol–water partition coefficient (Wildman–Crippen LogP) is 15.4. The van der Waals surface area contributed by atoms with Crippen LogP contribution in [0.25, 0.3) is 22.3 Å². The zero-order valence-electron chi connectivity index (χ0n) is 45.4. The van der Waals surface area contributed by atoms with Crippen molar-refractivity contribution in [1.29, 1.82) is 0 Å². The Labute approximate surface area is 444 Å². The zero-order chi connectivity index (χ0) is 52.1. The molecule has 6 nitrogen and oxygen atoms in total. The van der Waals surface area contributed by atoms with Gasteiger partial charge in [-0.25, -0.2) is 0 Å². The molecule has 0 bridgehead atoms. The van der Waals surface area contributed by atoms with Crippen molar-refractivity contribution in [2.24, 2.45) is 11.8 Å². The van der Waals surface area contributed by atoms with E-state index in [4.69, 9.17) is 28.4 Å². The number of allylic oxidation sites excluding steroid dienone is 3. The van der Waals surface area contributed by atoms with Gasteiger partial charge in [0.25, 0.3) is 0 Å². The fraction of sp³-hybridized carbons (Fsp3) is 0.333. The lowest BCUT2D eigenvalue weighted by molar-refractivity contribution is 0.278. The Hall–Kier alpha value is -7.18. The first-order valence-corrected chi connectivity index (χ1v) is 26.9. The second kappa shape index (κ2) is 18.0. The molecule has 0 aromatic heterocycles. The Balaban J connectivity index is 0.000000115. The van der Waals surface area contributed by atoms with Gasteiger partial charge in [-0.05, 0) is 212 Å². The topological polar surface area (TPSA) is 55.4 Å². The number of hydrogen-bond acceptors (Lipinski definition) is 6. The Morgan fingerprint density at radius 2 is 0.853 bits per heavy atom. The molecule has 14 rings (SSSR count). The molecule has 3 spiro atoms. The molecule has 0 aliphatic heterocycles. The monoisotopic (exact) mass is 995 g/mol. The van der Waals surface area contributed by atoms with Gasteiger partial charge in [-0.2, -0.15) is 0 Å². The second-order valence-electron chi connectivity index (χ2n) is 23.2. The van der Waals surface area contributed by atoms with Gasteiger partial charge in [0.05, 0.1) is 48.1 Å². The highest BCUT2D eigenvalue weighted by Crippen LogP contribution is 2.65. The molecular weight excluding hydrogens is 925 g/mol. The van der Waals surface area contributed by atoms with E-state index >= 15 is 0 Å². The Morgan fingerprint density at radius 3 is 1.35 bits per heavy atom. The van der Waals surface area contributed by atoms with Crippen LogP contribution in [-0.4, -0.2) is 42.7 Å². The zero-order valence-corrected chi connectivity index (χ0v) is 45.4. The van der Waals surface area contributed by atoms with Crippen LogP contribution < -0.4 is 23.7 Å². The van der Waals surface area contributed by atoms with Gasteiger partial charge in [0.15, 0.2) is 0 Å². The molecule has 7 aliphatic rings. The average Bonchev–Trinajstić information content (AvgIpc) is 4.31. The molecule has 6 heteroatoms. The number of rotatable bonds is 6. The Kier molecular flexibility index (Phi) is 11.7. The average molecular weight is 995 g/mol. The molecule has 0 N–H and O–H groups in total. The first-order chi connectivity index (χ1) is 36.3. The van der Waals surface area contributed by atoms with Gasteiger partial charge in [-0.3, -0.25) is 0 Å². The number of fused-ring (bicyclic) bond motifs is 18. The first kappa shape index (κ1) is 48.7. The van der Waals surface area contributed by atoms with Crippen molar-refractivity contribution in [3.63, 3.8) is 0 Å². The predicted molar refractivity (Wildman–Crippen MR) is 301 cm³/mol. The summed E-state index contributed by atoms with van der Waals surface area (Å²) in [7, 11) is 10.5. The minimum Gasteiger partial charge on any atom is -0.497 e. The maximum absolute atomic E-state index is 5.64. The molecule has 3 atom stereocenters. The van der Waals surface area contributed by atoms with Crippen molar-refractivity contribution in [3.8, 4) is 51.0 Å². The molecule has 75 heavy (non-hydrogen) atoms. The smallest absolute Gasteiger partial charge is 0.119 e. The molecule has 1 saturated carbocycles. The van der Waals surface area contributed by atoms with Gasteiger partial charge in [-0.15, -0.1) is 0 Å². The summed E-state index contributed by atoms with van der Waals surface area (Å²) in [5, 5.41) is 0. The standard InChI is InChI=1S/C27H20O2.C23H28O2.C19H22O2/c1-28-17-11-13-21-22-14-12-18(29-2)16-26(22)27(25(21)15-17)23-9-5-3-7-19(23)20-8-4-6-10-24(20)27;1-21(2)13-23(19-11-15(24-5)7-9-17(19)21)14-22(3,4)18-10-8-16(25-6)12-20(18)23;1-20-15-5-3-13-7-9-19(17(13)11-15)10-8-14-4-6-16(21-2)12-18(14)19/h3-16H,1-2H3;7-12H,13-14H2,1-6H3;3-6,11-13,17H,7-10H2,1-2H3. The summed E-state index contributed by atoms with van der Waals surface area (Å²) in [5.41, 5.74) is 19.4. The minimum atomic E-state index is -0.360. The van der Waals surface area contributed by atoms with E-state index in [9.17, 15) is 0 Å². The van der Waals surface area contributed by atoms with Crippen molar-refractivity contribution in [3.05, 3.63) is 219 Å². The summed E-state index contributed by atoms with van der Waals surface area (Å²) in [4.78, 5) is 0. The van der Waals surface area contributed by atoms with Gasteiger partial charge >= 0.3 is 0 Å². The summed E-state index contributed by atoms with van der Waals surface area (Å²) in [5.74, 6) is 6.91. The van der Waals surface area contributed by atoms with E-state index < -0.39 is 0 Å². The number of methoxy groups -OCH3 is 6. The molecule has 3 unspecified atom stereocenters. The van der Waals surface area contributed by atoms with Crippen LogP contribution in [0, 0.1) is 11.8 Å². The van der Waals surface area contributed by atoms with E-state index in [0.717, 1.165) is 47.3 Å². The minimum absolute atomic E-state index is 0.0424. The third-order valence-electron chi connectivity index (χ3n) is 18.7. The largest absolute Gasteiger partial charge is 0.497 e. The van der Waals surface area contributed by atoms with E-state index in [1.54, 1.807) is 42.7 Å². The van der Waals surface area contributed by atoms with E-state index in [1.165, 1.54) is 104 Å². The lowest BCUT2D eigenvalue weighted by Gasteiger charge is -2.34. The van der Waals surface area contributed by atoms with Crippen LogP contribution in [0.4, 0.5) is 0 Å². The number of ether oxygens (including phenoxy) is 6. The lowest BCUT2D eigenvalue weighted by atomic mass is 9.70. The van der Waals surface area contributed by atoms with Crippen LogP contribution in [0.1, 0.15) is 115 Å². The summed E-state index contributed by atoms with van der Waals surface area (Å²) in [6.45, 7) is 9.49. The van der Waals surface area contributed by atoms with Gasteiger partial charge < -0.3 is 28.4 Å². The summed E-state index contributed by atoms with van der Waals surface area (Å²) >= 11 is 0. The van der Waals surface area contributed by atoms with Gasteiger partial charge in [0.2, 0.25) is 0 Å². The van der Waals surface area contributed by atoms with Crippen LogP contribution >= 0.6 is 0 Å². The lowest BCUT2D eigenvalue weighted by Crippen LogP contribution is -2.30. The van der Waals surface area contributed by atoms with Gasteiger partial charge in [0, 0.05) is 10.8 Å². The summed E-state index contributed by atoms with van der Waals surface area (Å²) in [6, 6.07) is 50.4. The van der Waals surface area contributed by atoms with Crippen molar-refractivity contribution in [1.82, 2.24) is 0 Å². The van der Waals surface area contributed by atoms with Crippen molar-refractivity contribution in [2.45, 2.75) is 93.3 Å². The third kappa shape index (κ3) is 7.25. The molecular formula is C69H70O6. The molecule has 0 radical (unpaired) electrons. The molecule has 7 aromatic rings. The maximum Gasteiger partial charge on any atom is 0.119 e. The molecule has 1 fully saturated rings. The Morgan fingerprint density at radius 1 is 0.413 bits per heavy atom. The van der Waals surface area contributed by atoms with E-state index in [1.807, 2.05) is 0 Å². The van der Waals surface area contributed by atoms with Gasteiger partial charge in [-0.1, -0.05) is 113 Å². The molecule has 0 heterocycles. The molecule has 382 valence electrons. The second-order valence-corrected chi connectivity index (χ2v) is 23.2. The van der Waals surface area contributed by atoms with Crippen LogP contribution in [0.2, 0.25) is 0 Å². The highest BCUT2D eigenvalue weighted by atomic mass is 16.5. The van der Waals surface area contributed by atoms with Crippen LogP contribution in [0.5, 0.6) is 28.7 Å². The fourth-order valence-corrected chi connectivity index (χ4v) is 15.6. The highest BCUT2D eigenvalue weighted by Gasteiger charge is 2.57. The molecule has 7 aromatic carbocycles. The fourth-order valence-electron chi connectivity index (χ4n) is 15.6. The molecule has 0 amide bonds. The summed E-state index contributed by atoms with van der Waals surface area (Å²) < 4.78 is 33.4. The van der Waals surface area contributed by atoms with Crippen molar-refractivity contribution in [2.75, 3.05) is 42.7 Å². The summed E-state index contributed by atoms with van der Waals surface area (Å²) in [6.07, 6.45) is 14.1. The quantitative estimate of drug-likeness (QED) is 0.165. The van der Waals surface area contributed by atoms with E-state index in [-0.39, 0.29) is 21.7 Å². The Bertz CT molecular complexity index is 3290. The van der Waals surface area contributed by atoms with Gasteiger partial charge in [0.1, 0.15) is 34.5 Å². The van der Waals surface area contributed by atoms with E-state index in [0.29, 0.717) is 17.3 Å². The number of hydrogen-bond donors (Lipinski definition) is 0. The normalized spacial score (nSPS) is 21.7.